The highest BCUT2D eigenvalue weighted by Crippen LogP contribution is 2.44. The third kappa shape index (κ3) is 2.11. The van der Waals surface area contributed by atoms with Crippen LogP contribution in [0.3, 0.4) is 0 Å². The van der Waals surface area contributed by atoms with E-state index in [4.69, 9.17) is 0 Å². The fraction of sp³-hybridized carbons (Fsp3) is 0.667. The Labute approximate surface area is 74.6 Å². The van der Waals surface area contributed by atoms with Gasteiger partial charge < -0.3 is 0 Å². The lowest BCUT2D eigenvalue weighted by Gasteiger charge is -2.35. The van der Waals surface area contributed by atoms with Crippen LogP contribution in [0.25, 0.3) is 0 Å². The van der Waals surface area contributed by atoms with Gasteiger partial charge in [0, 0.05) is 6.42 Å². The van der Waals surface area contributed by atoms with Gasteiger partial charge in [-0.3, -0.25) is 4.79 Å². The average Bonchev–Trinajstić information content (AvgIpc) is 1.92. The van der Waals surface area contributed by atoms with Gasteiger partial charge in [-0.2, -0.15) is 13.2 Å². The van der Waals surface area contributed by atoms with E-state index < -0.39 is 29.7 Å². The summed E-state index contributed by atoms with van der Waals surface area (Å²) in [4.78, 5) is 10.8. The van der Waals surface area contributed by atoms with E-state index in [1.165, 1.54) is 26.0 Å². The van der Waals surface area contributed by atoms with Gasteiger partial charge in [0.05, 0.1) is 5.92 Å². The first-order chi connectivity index (χ1) is 5.73. The molecule has 0 N–H and O–H groups in total. The molecule has 0 spiro atoms. The quantitative estimate of drug-likeness (QED) is 0.576. The first-order valence-corrected chi connectivity index (χ1v) is 4.02. The van der Waals surface area contributed by atoms with E-state index in [0.29, 0.717) is 0 Å². The van der Waals surface area contributed by atoms with Crippen LogP contribution >= 0.6 is 0 Å². The van der Waals surface area contributed by atoms with E-state index in [1.807, 2.05) is 0 Å². The summed E-state index contributed by atoms with van der Waals surface area (Å²) in [6.45, 7) is 2.99. The highest BCUT2D eigenvalue weighted by Gasteiger charge is 2.49. The van der Waals surface area contributed by atoms with E-state index in [9.17, 15) is 18.0 Å². The molecule has 0 amide bonds. The van der Waals surface area contributed by atoms with Crippen molar-refractivity contribution < 1.29 is 18.0 Å². The molecule has 74 valence electrons. The molecule has 0 saturated heterocycles. The second-order valence-electron chi connectivity index (χ2n) is 3.92. The van der Waals surface area contributed by atoms with Gasteiger partial charge in [-0.05, 0) is 11.5 Å². The van der Waals surface area contributed by atoms with Gasteiger partial charge in [-0.1, -0.05) is 19.9 Å². The Kier molecular flexibility index (Phi) is 2.26. The van der Waals surface area contributed by atoms with Gasteiger partial charge in [-0.15, -0.1) is 0 Å². The van der Waals surface area contributed by atoms with Crippen LogP contribution in [-0.4, -0.2) is 12.0 Å². The molecule has 1 aliphatic rings. The maximum absolute atomic E-state index is 12.4. The number of hydrogen-bond donors (Lipinski definition) is 0. The fourth-order valence-electron chi connectivity index (χ4n) is 1.49. The number of carbonyl (C=O) groups excluding carboxylic acids is 1. The third-order valence-electron chi connectivity index (χ3n) is 2.40. The molecule has 1 rings (SSSR count). The van der Waals surface area contributed by atoms with E-state index in [1.54, 1.807) is 0 Å². The predicted molar refractivity (Wildman–Crippen MR) is 42.1 cm³/mol. The number of halogens is 3. The minimum atomic E-state index is -4.29. The first kappa shape index (κ1) is 10.3. The van der Waals surface area contributed by atoms with E-state index >= 15 is 0 Å². The maximum atomic E-state index is 12.4. The van der Waals surface area contributed by atoms with Gasteiger partial charge in [0.25, 0.3) is 0 Å². The SMILES string of the molecule is CC1(C)C=CC(=O)CC1C(F)(F)F. The number of rotatable bonds is 0. The monoisotopic (exact) mass is 192 g/mol. The molecule has 13 heavy (non-hydrogen) atoms. The minimum absolute atomic E-state index is 0.424. The van der Waals surface area contributed by atoms with Crippen molar-refractivity contribution in [3.63, 3.8) is 0 Å². The molecule has 0 aromatic rings. The summed E-state index contributed by atoms with van der Waals surface area (Å²) in [6.07, 6.45) is -2.13. The molecule has 1 nitrogen and oxygen atoms in total. The number of carbonyl (C=O) groups is 1. The topological polar surface area (TPSA) is 17.1 Å². The molecule has 1 atom stereocenters. The predicted octanol–water partition coefficient (Wildman–Crippen LogP) is 2.72. The Hall–Kier alpha value is -0.800. The molecule has 0 bridgehead atoms. The molecule has 1 unspecified atom stereocenters. The van der Waals surface area contributed by atoms with Crippen LogP contribution in [-0.2, 0) is 4.79 Å². The highest BCUT2D eigenvalue weighted by molar-refractivity contribution is 5.91. The minimum Gasteiger partial charge on any atom is -0.295 e. The third-order valence-corrected chi connectivity index (χ3v) is 2.40. The zero-order chi connectivity index (χ0) is 10.3. The zero-order valence-electron chi connectivity index (χ0n) is 7.48. The lowest BCUT2D eigenvalue weighted by Crippen LogP contribution is -2.38. The molecule has 0 aliphatic heterocycles. The number of hydrogen-bond acceptors (Lipinski definition) is 1. The van der Waals surface area contributed by atoms with Crippen molar-refractivity contribution in [2.75, 3.05) is 0 Å². The molecule has 0 aromatic heterocycles. The second kappa shape index (κ2) is 2.86. The Morgan fingerprint density at radius 3 is 2.38 bits per heavy atom. The number of ketones is 1. The van der Waals surface area contributed by atoms with Crippen molar-refractivity contribution in [1.29, 1.82) is 0 Å². The summed E-state index contributed by atoms with van der Waals surface area (Å²) < 4.78 is 37.3. The van der Waals surface area contributed by atoms with Gasteiger partial charge >= 0.3 is 6.18 Å². The van der Waals surface area contributed by atoms with Crippen molar-refractivity contribution in [3.8, 4) is 0 Å². The standard InChI is InChI=1S/C9H11F3O/c1-8(2)4-3-6(13)5-7(8)9(10,11)12/h3-4,7H,5H2,1-2H3. The van der Waals surface area contributed by atoms with Crippen LogP contribution in [0.1, 0.15) is 20.3 Å². The lowest BCUT2D eigenvalue weighted by molar-refractivity contribution is -0.199. The van der Waals surface area contributed by atoms with Crippen molar-refractivity contribution in [2.24, 2.45) is 11.3 Å². The van der Waals surface area contributed by atoms with Gasteiger partial charge in [-0.25, -0.2) is 0 Å². The Bertz CT molecular complexity index is 250. The highest BCUT2D eigenvalue weighted by atomic mass is 19.4. The fourth-order valence-corrected chi connectivity index (χ4v) is 1.49. The molecule has 1 aliphatic carbocycles. The second-order valence-corrected chi connectivity index (χ2v) is 3.92. The normalized spacial score (nSPS) is 27.8. The molecule has 4 heteroatoms. The van der Waals surface area contributed by atoms with Gasteiger partial charge in [0.2, 0.25) is 0 Å². The van der Waals surface area contributed by atoms with Crippen LogP contribution in [0.4, 0.5) is 13.2 Å². The molecule has 0 radical (unpaired) electrons. The van der Waals surface area contributed by atoms with Crippen molar-refractivity contribution in [2.45, 2.75) is 26.4 Å². The van der Waals surface area contributed by atoms with Crippen molar-refractivity contribution >= 4 is 5.78 Å². The van der Waals surface area contributed by atoms with Crippen LogP contribution in [0, 0.1) is 11.3 Å². The van der Waals surface area contributed by atoms with Crippen molar-refractivity contribution in [1.82, 2.24) is 0 Å². The average molecular weight is 192 g/mol. The zero-order valence-corrected chi connectivity index (χ0v) is 7.48. The van der Waals surface area contributed by atoms with Crippen LogP contribution in [0.15, 0.2) is 12.2 Å². The lowest BCUT2D eigenvalue weighted by atomic mass is 9.72. The van der Waals surface area contributed by atoms with Crippen molar-refractivity contribution in [3.05, 3.63) is 12.2 Å². The summed E-state index contributed by atoms with van der Waals surface area (Å²) in [7, 11) is 0. The molecule has 0 saturated carbocycles. The summed E-state index contributed by atoms with van der Waals surface area (Å²) >= 11 is 0. The number of allylic oxidation sites excluding steroid dienone is 2. The van der Waals surface area contributed by atoms with Crippen LogP contribution in [0.5, 0.6) is 0 Å². The number of alkyl halides is 3. The van der Waals surface area contributed by atoms with Gasteiger partial charge in [0.15, 0.2) is 5.78 Å². The van der Waals surface area contributed by atoms with E-state index in [2.05, 4.69) is 0 Å². The summed E-state index contributed by atoms with van der Waals surface area (Å²) in [5.41, 5.74) is -0.966. The summed E-state index contributed by atoms with van der Waals surface area (Å²) in [5.74, 6) is -1.99. The molecular weight excluding hydrogens is 181 g/mol. The maximum Gasteiger partial charge on any atom is 0.393 e. The Morgan fingerprint density at radius 1 is 1.46 bits per heavy atom. The summed E-state index contributed by atoms with van der Waals surface area (Å²) in [5, 5.41) is 0. The Balaban J connectivity index is 2.97. The Morgan fingerprint density at radius 2 is 2.00 bits per heavy atom. The van der Waals surface area contributed by atoms with E-state index in [-0.39, 0.29) is 0 Å². The van der Waals surface area contributed by atoms with Crippen LogP contribution in [0.2, 0.25) is 0 Å². The molecule has 0 heterocycles. The van der Waals surface area contributed by atoms with E-state index in [0.717, 1.165) is 0 Å². The summed E-state index contributed by atoms with van der Waals surface area (Å²) in [6, 6.07) is 0. The van der Waals surface area contributed by atoms with Gasteiger partial charge in [0.1, 0.15) is 0 Å². The van der Waals surface area contributed by atoms with Crippen LogP contribution < -0.4 is 0 Å². The smallest absolute Gasteiger partial charge is 0.295 e. The molecule has 0 fully saturated rings. The first-order valence-electron chi connectivity index (χ1n) is 4.02. The largest absolute Gasteiger partial charge is 0.393 e. The molecule has 0 aromatic carbocycles. The molecular formula is C9H11F3O.